The van der Waals surface area contributed by atoms with Crippen LogP contribution in [0.5, 0.6) is 0 Å². The topological polar surface area (TPSA) is 89.8 Å². The van der Waals surface area contributed by atoms with Gasteiger partial charge in [-0.2, -0.15) is 5.26 Å². The second kappa shape index (κ2) is 6.66. The van der Waals surface area contributed by atoms with Crippen LogP contribution in [0.25, 0.3) is 10.9 Å². The van der Waals surface area contributed by atoms with Crippen LogP contribution in [0, 0.1) is 11.3 Å². The van der Waals surface area contributed by atoms with Crippen LogP contribution in [0.2, 0.25) is 0 Å². The first-order valence-corrected chi connectivity index (χ1v) is 6.70. The molecule has 1 N–H and O–H groups in total. The number of benzene rings is 1. The van der Waals surface area contributed by atoms with E-state index in [0.29, 0.717) is 36.0 Å². The number of carbonyl (C=O) groups is 1. The molecule has 0 unspecified atom stereocenters. The molecule has 6 nitrogen and oxygen atoms in total. The van der Waals surface area contributed by atoms with E-state index >= 15 is 0 Å². The number of fused-ring (bicyclic) bond motifs is 1. The molecule has 1 aromatic heterocycles. The number of nitriles is 1. The van der Waals surface area contributed by atoms with Gasteiger partial charge in [-0.3, -0.25) is 9.59 Å². The lowest BCUT2D eigenvalue weighted by atomic mass is 10.2. The Morgan fingerprint density at radius 1 is 1.43 bits per heavy atom. The van der Waals surface area contributed by atoms with Gasteiger partial charge >= 0.3 is 0 Å². The van der Waals surface area contributed by atoms with E-state index < -0.39 is 0 Å². The number of hydrogen-bond donors (Lipinski definition) is 1. The summed E-state index contributed by atoms with van der Waals surface area (Å²) in [4.78, 5) is 32.1. The number of aryl methyl sites for hydroxylation is 1. The van der Waals surface area contributed by atoms with Crippen molar-refractivity contribution in [2.24, 2.45) is 0 Å². The Balaban J connectivity index is 2.00. The first-order valence-electron chi connectivity index (χ1n) is 6.70. The summed E-state index contributed by atoms with van der Waals surface area (Å²) in [5.74, 6) is 0.495. The summed E-state index contributed by atoms with van der Waals surface area (Å²) in [6, 6.07) is 9.07. The van der Waals surface area contributed by atoms with Gasteiger partial charge in [0.05, 0.1) is 17.0 Å². The number of nitrogens with zero attached hydrogens (tertiary/aromatic N) is 3. The Morgan fingerprint density at radius 2 is 2.19 bits per heavy atom. The molecular formula is C15H16N4O2. The van der Waals surface area contributed by atoms with Gasteiger partial charge < -0.3 is 9.88 Å². The number of carbonyl (C=O) groups excluding carboxylic acids is 1. The summed E-state index contributed by atoms with van der Waals surface area (Å²) in [6.45, 7) is 0.0872. The van der Waals surface area contributed by atoms with E-state index in [4.69, 9.17) is 5.26 Å². The largest absolute Gasteiger partial charge is 0.332 e. The Kier molecular flexibility index (Phi) is 4.67. The van der Waals surface area contributed by atoms with Gasteiger partial charge in [-0.15, -0.1) is 0 Å². The Morgan fingerprint density at radius 3 is 2.95 bits per heavy atom. The van der Waals surface area contributed by atoms with Crippen molar-refractivity contribution in [3.05, 3.63) is 40.4 Å². The molecule has 0 aliphatic rings. The van der Waals surface area contributed by atoms with Gasteiger partial charge in [-0.25, -0.2) is 4.98 Å². The zero-order valence-electron chi connectivity index (χ0n) is 11.8. The standard InChI is InChI=1S/C15H16N4O2/c1-19(10-9-16)14(20)8-4-7-13-17-12-6-3-2-5-11(12)15(21)18-13/h2-3,5-6H,4,7-8,10H2,1H3,(H,17,18,21). The predicted molar refractivity (Wildman–Crippen MR) is 78.6 cm³/mol. The highest BCUT2D eigenvalue weighted by molar-refractivity contribution is 5.77. The van der Waals surface area contributed by atoms with E-state index in [1.165, 1.54) is 4.90 Å². The third-order valence-corrected chi connectivity index (χ3v) is 3.20. The van der Waals surface area contributed by atoms with Gasteiger partial charge in [0.2, 0.25) is 5.91 Å². The molecule has 0 spiro atoms. The van der Waals surface area contributed by atoms with Crippen molar-refractivity contribution in [1.82, 2.24) is 14.9 Å². The highest BCUT2D eigenvalue weighted by atomic mass is 16.2. The van der Waals surface area contributed by atoms with E-state index in [1.54, 1.807) is 25.2 Å². The predicted octanol–water partition coefficient (Wildman–Crippen LogP) is 1.23. The van der Waals surface area contributed by atoms with Crippen molar-refractivity contribution < 1.29 is 4.79 Å². The first kappa shape index (κ1) is 14.7. The van der Waals surface area contributed by atoms with Gasteiger partial charge in [-0.05, 0) is 18.6 Å². The van der Waals surface area contributed by atoms with Gasteiger partial charge in [0.1, 0.15) is 12.4 Å². The SMILES string of the molecule is CN(CC#N)C(=O)CCCc1nc2ccccc2c(=O)[nH]1. The lowest BCUT2D eigenvalue weighted by molar-refractivity contribution is -0.129. The minimum absolute atomic E-state index is 0.0836. The second-order valence-electron chi connectivity index (χ2n) is 4.79. The highest BCUT2D eigenvalue weighted by Gasteiger charge is 2.09. The van der Waals surface area contributed by atoms with Crippen LogP contribution in [0.4, 0.5) is 0 Å². The number of hydrogen-bond acceptors (Lipinski definition) is 4. The Hall–Kier alpha value is -2.68. The van der Waals surface area contributed by atoms with Gasteiger partial charge in [0.15, 0.2) is 0 Å². The fraction of sp³-hybridized carbons (Fsp3) is 0.333. The molecule has 2 rings (SSSR count). The second-order valence-corrected chi connectivity index (χ2v) is 4.79. The fourth-order valence-corrected chi connectivity index (χ4v) is 2.05. The molecule has 1 aromatic carbocycles. The van der Waals surface area contributed by atoms with Gasteiger partial charge in [0.25, 0.3) is 5.56 Å². The summed E-state index contributed by atoms with van der Waals surface area (Å²) in [5.41, 5.74) is 0.493. The van der Waals surface area contributed by atoms with E-state index in [2.05, 4.69) is 9.97 Å². The van der Waals surface area contributed by atoms with E-state index in [9.17, 15) is 9.59 Å². The average Bonchev–Trinajstić information content (AvgIpc) is 2.47. The molecule has 0 saturated heterocycles. The molecule has 1 amide bonds. The van der Waals surface area contributed by atoms with Crippen molar-refractivity contribution in [2.75, 3.05) is 13.6 Å². The quantitative estimate of drug-likeness (QED) is 0.836. The number of para-hydroxylation sites is 1. The summed E-state index contributed by atoms with van der Waals surface area (Å²) >= 11 is 0. The lowest BCUT2D eigenvalue weighted by Crippen LogP contribution is -2.26. The van der Waals surface area contributed by atoms with Crippen LogP contribution in [-0.2, 0) is 11.2 Å². The molecule has 1 heterocycles. The molecule has 0 radical (unpaired) electrons. The van der Waals surface area contributed by atoms with Crippen molar-refractivity contribution in [1.29, 1.82) is 5.26 Å². The number of H-pyrrole nitrogens is 1. The molecule has 108 valence electrons. The molecule has 21 heavy (non-hydrogen) atoms. The Bertz CT molecular complexity index is 745. The third kappa shape index (κ3) is 3.66. The fourth-order valence-electron chi connectivity index (χ4n) is 2.05. The number of amides is 1. The summed E-state index contributed by atoms with van der Waals surface area (Å²) in [6.07, 6.45) is 1.43. The zero-order valence-corrected chi connectivity index (χ0v) is 11.8. The maximum absolute atomic E-state index is 11.9. The minimum Gasteiger partial charge on any atom is -0.332 e. The molecule has 0 aliphatic carbocycles. The molecular weight excluding hydrogens is 268 g/mol. The number of rotatable bonds is 5. The lowest BCUT2D eigenvalue weighted by Gasteiger charge is -2.12. The molecule has 0 atom stereocenters. The molecule has 2 aromatic rings. The van der Waals surface area contributed by atoms with Crippen molar-refractivity contribution in [2.45, 2.75) is 19.3 Å². The van der Waals surface area contributed by atoms with Crippen LogP contribution in [0.1, 0.15) is 18.7 Å². The smallest absolute Gasteiger partial charge is 0.258 e. The van der Waals surface area contributed by atoms with Crippen molar-refractivity contribution >= 4 is 16.8 Å². The maximum Gasteiger partial charge on any atom is 0.258 e. The van der Waals surface area contributed by atoms with Crippen LogP contribution in [0.15, 0.2) is 29.1 Å². The third-order valence-electron chi connectivity index (χ3n) is 3.20. The summed E-state index contributed by atoms with van der Waals surface area (Å²) in [7, 11) is 1.60. The highest BCUT2D eigenvalue weighted by Crippen LogP contribution is 2.07. The first-order chi connectivity index (χ1) is 10.1. The summed E-state index contributed by atoms with van der Waals surface area (Å²) in [5, 5.41) is 9.09. The molecule has 0 aliphatic heterocycles. The Labute approximate surface area is 122 Å². The average molecular weight is 284 g/mol. The van der Waals surface area contributed by atoms with E-state index in [0.717, 1.165) is 0 Å². The van der Waals surface area contributed by atoms with Crippen LogP contribution < -0.4 is 5.56 Å². The zero-order chi connectivity index (χ0) is 15.2. The molecule has 0 bridgehead atoms. The number of aromatic nitrogens is 2. The number of nitrogens with one attached hydrogen (secondary N) is 1. The molecule has 0 fully saturated rings. The normalized spacial score (nSPS) is 10.3. The van der Waals surface area contributed by atoms with E-state index in [1.807, 2.05) is 12.1 Å². The number of aromatic amines is 1. The van der Waals surface area contributed by atoms with Gasteiger partial charge in [0, 0.05) is 19.9 Å². The van der Waals surface area contributed by atoms with Crippen molar-refractivity contribution in [3.63, 3.8) is 0 Å². The van der Waals surface area contributed by atoms with Crippen LogP contribution in [0.3, 0.4) is 0 Å². The maximum atomic E-state index is 11.9. The van der Waals surface area contributed by atoms with Crippen molar-refractivity contribution in [3.8, 4) is 6.07 Å². The monoisotopic (exact) mass is 284 g/mol. The van der Waals surface area contributed by atoms with E-state index in [-0.39, 0.29) is 18.0 Å². The molecule has 0 saturated carbocycles. The molecule has 6 heteroatoms. The van der Waals surface area contributed by atoms with Crippen LogP contribution >= 0.6 is 0 Å². The van der Waals surface area contributed by atoms with Gasteiger partial charge in [-0.1, -0.05) is 12.1 Å². The van der Waals surface area contributed by atoms with Crippen LogP contribution in [-0.4, -0.2) is 34.4 Å². The minimum atomic E-state index is -0.163. The summed E-state index contributed by atoms with van der Waals surface area (Å²) < 4.78 is 0.